The molecule has 0 aromatic carbocycles. The number of nitrogens with zero attached hydrogens (tertiary/aromatic N) is 3. The Morgan fingerprint density at radius 3 is 2.69 bits per heavy atom. The van der Waals surface area contributed by atoms with E-state index >= 15 is 0 Å². The second-order valence-corrected chi connectivity index (χ2v) is 3.88. The predicted molar refractivity (Wildman–Crippen MR) is 63.1 cm³/mol. The third-order valence-electron chi connectivity index (χ3n) is 2.59. The first-order valence-corrected chi connectivity index (χ1v) is 5.36. The lowest BCUT2D eigenvalue weighted by molar-refractivity contribution is 0.505. The molecule has 84 valence electrons. The Balaban J connectivity index is 2.40. The first-order valence-electron chi connectivity index (χ1n) is 5.36. The zero-order valence-corrected chi connectivity index (χ0v) is 9.59. The van der Waals surface area contributed by atoms with Crippen molar-refractivity contribution in [1.82, 2.24) is 14.8 Å². The molecule has 2 N–H and O–H groups in total. The number of aryl methyl sites for hydroxylation is 2. The van der Waals surface area contributed by atoms with E-state index in [9.17, 15) is 0 Å². The van der Waals surface area contributed by atoms with Crippen LogP contribution in [0.25, 0.3) is 0 Å². The zero-order chi connectivity index (χ0) is 11.5. The first kappa shape index (κ1) is 10.8. The molecule has 0 spiro atoms. The predicted octanol–water partition coefficient (Wildman–Crippen LogP) is 1.44. The van der Waals surface area contributed by atoms with Gasteiger partial charge < -0.3 is 5.73 Å². The van der Waals surface area contributed by atoms with Crippen LogP contribution in [0.3, 0.4) is 0 Å². The van der Waals surface area contributed by atoms with Gasteiger partial charge in [-0.15, -0.1) is 0 Å². The molecule has 0 aliphatic carbocycles. The molecule has 0 fully saturated rings. The van der Waals surface area contributed by atoms with Crippen LogP contribution >= 0.6 is 0 Å². The van der Waals surface area contributed by atoms with Gasteiger partial charge in [-0.05, 0) is 32.0 Å². The Bertz CT molecular complexity index is 461. The number of aromatic nitrogens is 3. The highest BCUT2D eigenvalue weighted by molar-refractivity contribution is 5.15. The molecule has 4 heteroatoms. The van der Waals surface area contributed by atoms with Gasteiger partial charge in [0.15, 0.2) is 0 Å². The first-order chi connectivity index (χ1) is 7.72. The van der Waals surface area contributed by atoms with Crippen molar-refractivity contribution in [3.05, 3.63) is 47.5 Å². The Labute approximate surface area is 95.1 Å². The average molecular weight is 216 g/mol. The van der Waals surface area contributed by atoms with Crippen LogP contribution in [0.2, 0.25) is 0 Å². The maximum absolute atomic E-state index is 5.81. The van der Waals surface area contributed by atoms with E-state index in [1.165, 1.54) is 0 Å². The van der Waals surface area contributed by atoms with E-state index in [1.807, 2.05) is 42.8 Å². The number of nitrogens with two attached hydrogens (primary N) is 1. The van der Waals surface area contributed by atoms with Crippen LogP contribution < -0.4 is 5.73 Å². The van der Waals surface area contributed by atoms with Crippen molar-refractivity contribution in [3.63, 3.8) is 0 Å². The molecule has 0 aliphatic heterocycles. The third kappa shape index (κ3) is 1.97. The Hall–Kier alpha value is -1.68. The van der Waals surface area contributed by atoms with Crippen molar-refractivity contribution in [2.45, 2.75) is 19.9 Å². The van der Waals surface area contributed by atoms with E-state index in [1.54, 1.807) is 6.20 Å². The molecule has 0 amide bonds. The molecule has 0 aliphatic rings. The number of hydrogen-bond acceptors (Lipinski definition) is 3. The van der Waals surface area contributed by atoms with Gasteiger partial charge in [-0.1, -0.05) is 6.07 Å². The molecule has 2 aromatic heterocycles. The summed E-state index contributed by atoms with van der Waals surface area (Å²) >= 11 is 0. The fraction of sp³-hybridized carbons (Fsp3) is 0.333. The lowest BCUT2D eigenvalue weighted by Gasteiger charge is -2.16. The highest BCUT2D eigenvalue weighted by Gasteiger charge is 2.15. The summed E-state index contributed by atoms with van der Waals surface area (Å²) in [5.41, 5.74) is 8.89. The number of rotatable bonds is 3. The van der Waals surface area contributed by atoms with E-state index in [0.717, 1.165) is 17.1 Å². The normalized spacial score (nSPS) is 12.7. The largest absolute Gasteiger partial charge is 0.328 e. The SMILES string of the molecule is Cc1cc(C)n(C(CN)c2ccccn2)n1. The summed E-state index contributed by atoms with van der Waals surface area (Å²) in [5.74, 6) is 0. The second kappa shape index (κ2) is 4.45. The van der Waals surface area contributed by atoms with Crippen LogP contribution in [0.4, 0.5) is 0 Å². The van der Waals surface area contributed by atoms with Crippen molar-refractivity contribution in [3.8, 4) is 0 Å². The second-order valence-electron chi connectivity index (χ2n) is 3.88. The maximum Gasteiger partial charge on any atom is 0.106 e. The van der Waals surface area contributed by atoms with Crippen molar-refractivity contribution >= 4 is 0 Å². The minimum absolute atomic E-state index is 0.0231. The summed E-state index contributed by atoms with van der Waals surface area (Å²) < 4.78 is 1.94. The average Bonchev–Trinajstić information content (AvgIpc) is 2.61. The highest BCUT2D eigenvalue weighted by Crippen LogP contribution is 2.16. The van der Waals surface area contributed by atoms with E-state index in [4.69, 9.17) is 5.73 Å². The van der Waals surface area contributed by atoms with Crippen molar-refractivity contribution in [2.75, 3.05) is 6.54 Å². The van der Waals surface area contributed by atoms with Gasteiger partial charge in [-0.2, -0.15) is 5.10 Å². The maximum atomic E-state index is 5.81. The van der Waals surface area contributed by atoms with Gasteiger partial charge in [0.1, 0.15) is 6.04 Å². The summed E-state index contributed by atoms with van der Waals surface area (Å²) in [4.78, 5) is 4.34. The lowest BCUT2D eigenvalue weighted by atomic mass is 10.2. The molecular formula is C12H16N4. The molecule has 2 rings (SSSR count). The van der Waals surface area contributed by atoms with Gasteiger partial charge in [0.2, 0.25) is 0 Å². The van der Waals surface area contributed by atoms with Gasteiger partial charge in [0.05, 0.1) is 11.4 Å². The van der Waals surface area contributed by atoms with Crippen molar-refractivity contribution in [1.29, 1.82) is 0 Å². The number of pyridine rings is 1. The van der Waals surface area contributed by atoms with E-state index in [0.29, 0.717) is 6.54 Å². The van der Waals surface area contributed by atoms with Crippen LogP contribution in [0.1, 0.15) is 23.1 Å². The Kier molecular flexibility index (Phi) is 3.01. The molecule has 0 saturated heterocycles. The summed E-state index contributed by atoms with van der Waals surface area (Å²) in [7, 11) is 0. The van der Waals surface area contributed by atoms with Crippen LogP contribution in [-0.4, -0.2) is 21.3 Å². The highest BCUT2D eigenvalue weighted by atomic mass is 15.3. The van der Waals surface area contributed by atoms with Crippen LogP contribution in [0.5, 0.6) is 0 Å². The van der Waals surface area contributed by atoms with E-state index in [2.05, 4.69) is 10.1 Å². The van der Waals surface area contributed by atoms with Gasteiger partial charge in [0, 0.05) is 18.4 Å². The molecule has 4 nitrogen and oxygen atoms in total. The molecular weight excluding hydrogens is 200 g/mol. The fourth-order valence-corrected chi connectivity index (χ4v) is 1.88. The molecule has 0 saturated carbocycles. The van der Waals surface area contributed by atoms with Crippen LogP contribution in [0.15, 0.2) is 30.5 Å². The van der Waals surface area contributed by atoms with Crippen LogP contribution in [-0.2, 0) is 0 Å². The Morgan fingerprint density at radius 2 is 2.19 bits per heavy atom. The molecule has 0 bridgehead atoms. The van der Waals surface area contributed by atoms with E-state index in [-0.39, 0.29) is 6.04 Å². The van der Waals surface area contributed by atoms with Crippen molar-refractivity contribution in [2.24, 2.45) is 5.73 Å². The third-order valence-corrected chi connectivity index (χ3v) is 2.59. The topological polar surface area (TPSA) is 56.7 Å². The minimum Gasteiger partial charge on any atom is -0.328 e. The molecule has 0 radical (unpaired) electrons. The molecule has 16 heavy (non-hydrogen) atoms. The van der Waals surface area contributed by atoms with E-state index < -0.39 is 0 Å². The summed E-state index contributed by atoms with van der Waals surface area (Å²) in [6, 6.07) is 7.92. The molecule has 2 heterocycles. The van der Waals surface area contributed by atoms with Gasteiger partial charge in [0.25, 0.3) is 0 Å². The summed E-state index contributed by atoms with van der Waals surface area (Å²) in [6.07, 6.45) is 1.78. The smallest absolute Gasteiger partial charge is 0.106 e. The lowest BCUT2D eigenvalue weighted by Crippen LogP contribution is -2.23. The molecule has 2 aromatic rings. The number of hydrogen-bond donors (Lipinski definition) is 1. The van der Waals surface area contributed by atoms with Crippen molar-refractivity contribution < 1.29 is 0 Å². The van der Waals surface area contributed by atoms with Gasteiger partial charge in [-0.25, -0.2) is 0 Å². The Morgan fingerprint density at radius 1 is 1.38 bits per heavy atom. The molecule has 1 unspecified atom stereocenters. The van der Waals surface area contributed by atoms with Gasteiger partial charge in [-0.3, -0.25) is 9.67 Å². The quantitative estimate of drug-likeness (QED) is 0.844. The minimum atomic E-state index is 0.0231. The zero-order valence-electron chi connectivity index (χ0n) is 9.59. The fourth-order valence-electron chi connectivity index (χ4n) is 1.88. The van der Waals surface area contributed by atoms with Gasteiger partial charge >= 0.3 is 0 Å². The monoisotopic (exact) mass is 216 g/mol. The standard InChI is InChI=1S/C12H16N4/c1-9-7-10(2)16(15-9)12(8-13)11-5-3-4-6-14-11/h3-7,12H,8,13H2,1-2H3. The van der Waals surface area contributed by atoms with Crippen LogP contribution in [0, 0.1) is 13.8 Å². The molecule has 1 atom stereocenters. The summed E-state index contributed by atoms with van der Waals surface area (Å²) in [5, 5.41) is 4.45. The summed E-state index contributed by atoms with van der Waals surface area (Å²) in [6.45, 7) is 4.51.